The van der Waals surface area contributed by atoms with Gasteiger partial charge < -0.3 is 14.5 Å². The molecule has 1 aliphatic carbocycles. The number of hydrogen-bond acceptors (Lipinski definition) is 6. The highest BCUT2D eigenvalue weighted by Gasteiger charge is 2.48. The molecular weight excluding hydrogens is 374 g/mol. The highest BCUT2D eigenvalue weighted by atomic mass is 32.2. The number of sulfonamides is 1. The maximum Gasteiger partial charge on any atom is 0.308 e. The van der Waals surface area contributed by atoms with Crippen LogP contribution in [0.15, 0.2) is 9.42 Å². The fraction of sp³-hybridized carbons (Fsp3) is 0.706. The average Bonchev–Trinajstić information content (AvgIpc) is 3.21. The lowest BCUT2D eigenvalue weighted by atomic mass is 9.93. The van der Waals surface area contributed by atoms with Crippen LogP contribution >= 0.6 is 0 Å². The van der Waals surface area contributed by atoms with Gasteiger partial charge >= 0.3 is 5.97 Å². The number of carbonyl (C=O) groups is 2. The van der Waals surface area contributed by atoms with Crippen LogP contribution in [-0.2, 0) is 19.6 Å². The van der Waals surface area contributed by atoms with Crippen molar-refractivity contribution in [2.24, 2.45) is 5.92 Å². The molecule has 0 radical (unpaired) electrons. The summed E-state index contributed by atoms with van der Waals surface area (Å²) in [5.74, 6) is -1.70. The van der Waals surface area contributed by atoms with Gasteiger partial charge in [-0.1, -0.05) is 18.0 Å². The second kappa shape index (κ2) is 7.23. The molecule has 2 N–H and O–H groups in total. The monoisotopic (exact) mass is 399 g/mol. The third-order valence-corrected chi connectivity index (χ3v) is 7.27. The number of piperidine rings is 1. The van der Waals surface area contributed by atoms with Crippen LogP contribution in [0.2, 0.25) is 0 Å². The van der Waals surface area contributed by atoms with Gasteiger partial charge in [0, 0.05) is 13.1 Å². The Hall–Kier alpha value is -1.94. The number of nitrogens with one attached hydrogen (secondary N) is 1. The summed E-state index contributed by atoms with van der Waals surface area (Å²) < 4.78 is 33.6. The molecule has 0 unspecified atom stereocenters. The van der Waals surface area contributed by atoms with Crippen LogP contribution in [0.25, 0.3) is 0 Å². The Balaban J connectivity index is 1.88. The van der Waals surface area contributed by atoms with Crippen LogP contribution in [0, 0.1) is 19.8 Å². The summed E-state index contributed by atoms with van der Waals surface area (Å²) in [6, 6.07) is 0. The molecule has 0 spiro atoms. The van der Waals surface area contributed by atoms with Gasteiger partial charge in [0.05, 0.1) is 5.92 Å². The summed E-state index contributed by atoms with van der Waals surface area (Å²) in [4.78, 5) is 26.1. The molecule has 27 heavy (non-hydrogen) atoms. The van der Waals surface area contributed by atoms with Crippen molar-refractivity contribution in [3.8, 4) is 0 Å². The standard InChI is InChI=1S/C17H25N3O6S/c1-11-14(12(2)26-18-11)27(24,25)19-17(7-3-4-8-17)16(23)20-9-5-6-13(10-20)15(21)22/h13,19H,3-10H2,1-2H3,(H,21,22)/t13-/m0/s1. The first-order valence-electron chi connectivity index (χ1n) is 9.15. The van der Waals surface area contributed by atoms with Crippen LogP contribution in [0.5, 0.6) is 0 Å². The minimum atomic E-state index is -4.00. The lowest BCUT2D eigenvalue weighted by Gasteiger charge is -2.38. The molecule has 1 saturated heterocycles. The van der Waals surface area contributed by atoms with E-state index in [-0.39, 0.29) is 28.8 Å². The van der Waals surface area contributed by atoms with Gasteiger partial charge in [0.15, 0.2) is 5.76 Å². The maximum atomic E-state index is 13.3. The Morgan fingerprint density at radius 3 is 2.48 bits per heavy atom. The Morgan fingerprint density at radius 1 is 1.26 bits per heavy atom. The lowest BCUT2D eigenvalue weighted by molar-refractivity contribution is -0.147. The normalized spacial score (nSPS) is 22.7. The van der Waals surface area contributed by atoms with E-state index in [2.05, 4.69) is 9.88 Å². The zero-order chi connectivity index (χ0) is 19.8. The molecule has 1 saturated carbocycles. The van der Waals surface area contributed by atoms with Gasteiger partial charge in [0.1, 0.15) is 16.1 Å². The number of aliphatic carboxylic acids is 1. The molecule has 9 nitrogen and oxygen atoms in total. The molecule has 1 amide bonds. The molecule has 1 aromatic heterocycles. The van der Waals surface area contributed by atoms with E-state index >= 15 is 0 Å². The van der Waals surface area contributed by atoms with Gasteiger partial charge in [0.25, 0.3) is 0 Å². The number of carboxylic acids is 1. The number of carboxylic acid groups (broad SMARTS) is 1. The van der Waals surface area contributed by atoms with Crippen molar-refractivity contribution >= 4 is 21.9 Å². The van der Waals surface area contributed by atoms with Gasteiger partial charge in [-0.2, -0.15) is 4.72 Å². The van der Waals surface area contributed by atoms with Crippen LogP contribution in [0.3, 0.4) is 0 Å². The van der Waals surface area contributed by atoms with Crippen LogP contribution < -0.4 is 4.72 Å². The van der Waals surface area contributed by atoms with E-state index in [4.69, 9.17) is 4.52 Å². The van der Waals surface area contributed by atoms with E-state index in [0.717, 1.165) is 12.8 Å². The minimum Gasteiger partial charge on any atom is -0.481 e. The molecule has 3 rings (SSSR count). The van der Waals surface area contributed by atoms with Gasteiger partial charge in [0.2, 0.25) is 15.9 Å². The Morgan fingerprint density at radius 2 is 1.93 bits per heavy atom. The van der Waals surface area contributed by atoms with Gasteiger partial charge in [-0.05, 0) is 39.5 Å². The number of aryl methyl sites for hydroxylation is 2. The van der Waals surface area contributed by atoms with Crippen molar-refractivity contribution in [1.29, 1.82) is 0 Å². The SMILES string of the molecule is Cc1noc(C)c1S(=O)(=O)NC1(C(=O)N2CCC[C@H](C(=O)O)C2)CCCC1. The topological polar surface area (TPSA) is 130 Å². The number of amides is 1. The van der Waals surface area contributed by atoms with Crippen LogP contribution in [-0.4, -0.2) is 54.1 Å². The summed E-state index contributed by atoms with van der Waals surface area (Å²) >= 11 is 0. The molecule has 2 fully saturated rings. The number of likely N-dealkylation sites (tertiary alicyclic amines) is 1. The predicted molar refractivity (Wildman–Crippen MR) is 94.4 cm³/mol. The van der Waals surface area contributed by atoms with Crippen molar-refractivity contribution in [2.45, 2.75) is 62.8 Å². The molecule has 0 bridgehead atoms. The largest absolute Gasteiger partial charge is 0.481 e. The number of rotatable bonds is 5. The average molecular weight is 399 g/mol. The summed E-state index contributed by atoms with van der Waals surface area (Å²) in [6.07, 6.45) is 3.36. The molecule has 10 heteroatoms. The van der Waals surface area contributed by atoms with Crippen molar-refractivity contribution in [1.82, 2.24) is 14.8 Å². The molecular formula is C17H25N3O6S. The number of aromatic nitrogens is 1. The first kappa shape index (κ1) is 19.8. The molecule has 1 atom stereocenters. The van der Waals surface area contributed by atoms with Crippen molar-refractivity contribution in [3.63, 3.8) is 0 Å². The maximum absolute atomic E-state index is 13.3. The first-order chi connectivity index (χ1) is 12.7. The van der Waals surface area contributed by atoms with Crippen molar-refractivity contribution in [3.05, 3.63) is 11.5 Å². The smallest absolute Gasteiger partial charge is 0.308 e. The number of carbonyl (C=O) groups excluding carboxylic acids is 1. The van der Waals surface area contributed by atoms with E-state index in [0.29, 0.717) is 32.2 Å². The third kappa shape index (κ3) is 3.73. The fourth-order valence-corrected chi connectivity index (χ4v) is 5.92. The molecule has 2 heterocycles. The summed E-state index contributed by atoms with van der Waals surface area (Å²) in [6.45, 7) is 3.61. The van der Waals surface area contributed by atoms with Gasteiger partial charge in [-0.25, -0.2) is 8.42 Å². The molecule has 1 aromatic rings. The summed E-state index contributed by atoms with van der Waals surface area (Å²) in [5, 5.41) is 13.0. The summed E-state index contributed by atoms with van der Waals surface area (Å²) in [5.41, 5.74) is -1.00. The molecule has 150 valence electrons. The molecule has 0 aromatic carbocycles. The van der Waals surface area contributed by atoms with E-state index < -0.39 is 27.4 Å². The highest BCUT2D eigenvalue weighted by molar-refractivity contribution is 7.89. The predicted octanol–water partition coefficient (Wildman–Crippen LogP) is 1.21. The van der Waals surface area contributed by atoms with E-state index in [1.807, 2.05) is 0 Å². The second-order valence-corrected chi connectivity index (χ2v) is 9.10. The Bertz CT molecular complexity index is 821. The Kier molecular flexibility index (Phi) is 5.31. The number of nitrogens with zero attached hydrogens (tertiary/aromatic N) is 2. The van der Waals surface area contributed by atoms with Crippen LogP contribution in [0.1, 0.15) is 50.0 Å². The quantitative estimate of drug-likeness (QED) is 0.761. The van der Waals surface area contributed by atoms with Gasteiger partial charge in [-0.3, -0.25) is 9.59 Å². The fourth-order valence-electron chi connectivity index (χ4n) is 4.17. The first-order valence-corrected chi connectivity index (χ1v) is 10.6. The third-order valence-electron chi connectivity index (χ3n) is 5.49. The van der Waals surface area contributed by atoms with Crippen molar-refractivity contribution < 1.29 is 27.6 Å². The molecule has 2 aliphatic rings. The summed E-state index contributed by atoms with van der Waals surface area (Å²) in [7, 11) is -4.00. The zero-order valence-electron chi connectivity index (χ0n) is 15.5. The van der Waals surface area contributed by atoms with E-state index in [1.165, 1.54) is 18.7 Å². The van der Waals surface area contributed by atoms with E-state index in [1.54, 1.807) is 0 Å². The second-order valence-electron chi connectivity index (χ2n) is 7.48. The lowest BCUT2D eigenvalue weighted by Crippen LogP contribution is -2.59. The van der Waals surface area contributed by atoms with Crippen molar-refractivity contribution in [2.75, 3.05) is 13.1 Å². The molecule has 1 aliphatic heterocycles. The Labute approximate surface area is 158 Å². The zero-order valence-corrected chi connectivity index (χ0v) is 16.3. The van der Waals surface area contributed by atoms with Crippen LogP contribution in [0.4, 0.5) is 0 Å². The highest BCUT2D eigenvalue weighted by Crippen LogP contribution is 2.35. The number of hydrogen-bond donors (Lipinski definition) is 2. The van der Waals surface area contributed by atoms with Gasteiger partial charge in [-0.15, -0.1) is 0 Å². The van der Waals surface area contributed by atoms with E-state index in [9.17, 15) is 23.1 Å². The minimum absolute atomic E-state index is 0.0383.